The number of fused-ring (bicyclic) bond motifs is 1. The highest BCUT2D eigenvalue weighted by molar-refractivity contribution is 6.00. The average Bonchev–Trinajstić information content (AvgIpc) is 2.56. The van der Waals surface area contributed by atoms with Crippen LogP contribution in [0.3, 0.4) is 0 Å². The number of aromatic hydroxyl groups is 2. The molecule has 0 amide bonds. The fourth-order valence-electron chi connectivity index (χ4n) is 2.08. The van der Waals surface area contributed by atoms with Crippen molar-refractivity contribution in [3.05, 3.63) is 71.8 Å². The lowest BCUT2D eigenvalue weighted by Gasteiger charge is -2.03. The molecule has 0 saturated heterocycles. The molecule has 0 aliphatic heterocycles. The second kappa shape index (κ2) is 7.15. The molecule has 0 aliphatic carbocycles. The predicted molar refractivity (Wildman–Crippen MR) is 87.6 cm³/mol. The zero-order valence-electron chi connectivity index (χ0n) is 12.4. The summed E-state index contributed by atoms with van der Waals surface area (Å²) in [5.74, 6) is -2.60. The predicted octanol–water partition coefficient (Wildman–Crippen LogP) is 3.33. The van der Waals surface area contributed by atoms with Gasteiger partial charge in [0.1, 0.15) is 22.6 Å². The van der Waals surface area contributed by atoms with E-state index < -0.39 is 11.9 Å². The molecular formula is C18H14O6. The number of hydrogen-bond donors (Lipinski definition) is 4. The molecule has 0 aromatic heterocycles. The zero-order chi connectivity index (χ0) is 17.7. The molecule has 0 fully saturated rings. The van der Waals surface area contributed by atoms with Crippen molar-refractivity contribution in [1.29, 1.82) is 0 Å². The fraction of sp³-hybridized carbons (Fsp3) is 0. The molecule has 0 radical (unpaired) electrons. The number of benzene rings is 3. The molecule has 122 valence electrons. The first-order valence-electron chi connectivity index (χ1n) is 6.87. The Morgan fingerprint density at radius 3 is 1.83 bits per heavy atom. The van der Waals surface area contributed by atoms with E-state index in [0.717, 1.165) is 5.39 Å². The van der Waals surface area contributed by atoms with Crippen LogP contribution in [0, 0.1) is 0 Å². The first-order chi connectivity index (χ1) is 11.4. The van der Waals surface area contributed by atoms with E-state index in [-0.39, 0.29) is 22.6 Å². The Morgan fingerprint density at radius 2 is 1.25 bits per heavy atom. The molecule has 6 heteroatoms. The summed E-state index contributed by atoms with van der Waals surface area (Å²) in [6.45, 7) is 0. The third-order valence-corrected chi connectivity index (χ3v) is 3.27. The molecule has 6 nitrogen and oxygen atoms in total. The number of carbonyl (C=O) groups is 2. The van der Waals surface area contributed by atoms with Gasteiger partial charge in [0.15, 0.2) is 0 Å². The maximum absolute atomic E-state index is 10.7. The molecule has 0 atom stereocenters. The first-order valence-corrected chi connectivity index (χ1v) is 6.87. The average molecular weight is 326 g/mol. The summed E-state index contributed by atoms with van der Waals surface area (Å²) in [6, 6.07) is 16.0. The molecule has 0 saturated carbocycles. The summed E-state index contributed by atoms with van der Waals surface area (Å²) in [5.41, 5.74) is -0.133. The Labute approximate surface area is 136 Å². The van der Waals surface area contributed by atoms with Crippen LogP contribution in [0.25, 0.3) is 10.8 Å². The molecule has 24 heavy (non-hydrogen) atoms. The van der Waals surface area contributed by atoms with E-state index in [2.05, 4.69) is 0 Å². The molecule has 0 bridgehead atoms. The quantitative estimate of drug-likeness (QED) is 0.574. The molecule has 3 aromatic rings. The maximum Gasteiger partial charge on any atom is 0.339 e. The highest BCUT2D eigenvalue weighted by atomic mass is 16.4. The van der Waals surface area contributed by atoms with Crippen molar-refractivity contribution >= 4 is 22.7 Å². The van der Waals surface area contributed by atoms with Crippen molar-refractivity contribution in [3.8, 4) is 11.5 Å². The first kappa shape index (κ1) is 16.8. The molecule has 0 aliphatic rings. The highest BCUT2D eigenvalue weighted by Gasteiger charge is 2.11. The minimum atomic E-state index is -1.12. The van der Waals surface area contributed by atoms with E-state index in [1.165, 1.54) is 18.2 Å². The Hall–Kier alpha value is -3.54. The second-order valence-electron chi connectivity index (χ2n) is 4.81. The largest absolute Gasteiger partial charge is 0.507 e. The second-order valence-corrected chi connectivity index (χ2v) is 4.81. The molecule has 0 heterocycles. The molecule has 4 N–H and O–H groups in total. The van der Waals surface area contributed by atoms with Gasteiger partial charge in [-0.05, 0) is 23.6 Å². The molecule has 3 rings (SSSR count). The Balaban J connectivity index is 0.000000185. The van der Waals surface area contributed by atoms with E-state index in [0.29, 0.717) is 5.39 Å². The smallest absolute Gasteiger partial charge is 0.339 e. The topological polar surface area (TPSA) is 115 Å². The van der Waals surface area contributed by atoms with Gasteiger partial charge in [-0.25, -0.2) is 9.59 Å². The van der Waals surface area contributed by atoms with E-state index in [1.54, 1.807) is 30.3 Å². The minimum Gasteiger partial charge on any atom is -0.507 e. The van der Waals surface area contributed by atoms with Crippen LogP contribution in [0.5, 0.6) is 11.5 Å². The van der Waals surface area contributed by atoms with Gasteiger partial charge in [-0.1, -0.05) is 42.5 Å². The summed E-state index contributed by atoms with van der Waals surface area (Å²) in [6.07, 6.45) is 0. The number of aromatic carboxylic acids is 2. The lowest BCUT2D eigenvalue weighted by molar-refractivity contribution is 0.0682. The van der Waals surface area contributed by atoms with Gasteiger partial charge in [0.2, 0.25) is 0 Å². The number of carboxylic acids is 2. The van der Waals surface area contributed by atoms with Crippen molar-refractivity contribution < 1.29 is 30.0 Å². The number of phenols is 2. The van der Waals surface area contributed by atoms with Crippen molar-refractivity contribution in [3.63, 3.8) is 0 Å². The van der Waals surface area contributed by atoms with Crippen LogP contribution < -0.4 is 0 Å². The summed E-state index contributed by atoms with van der Waals surface area (Å²) in [4.78, 5) is 21.0. The SMILES string of the molecule is O=C(O)c1ccc2ccccc2c1O.O=C(O)c1ccccc1O. The van der Waals surface area contributed by atoms with E-state index >= 15 is 0 Å². The van der Waals surface area contributed by atoms with Crippen molar-refractivity contribution in [1.82, 2.24) is 0 Å². The zero-order valence-corrected chi connectivity index (χ0v) is 12.4. The molecule has 0 unspecified atom stereocenters. The molecular weight excluding hydrogens is 312 g/mol. The van der Waals surface area contributed by atoms with E-state index in [4.69, 9.17) is 15.3 Å². The third kappa shape index (κ3) is 3.61. The number of rotatable bonds is 2. The van der Waals surface area contributed by atoms with Gasteiger partial charge in [0.05, 0.1) is 0 Å². The lowest BCUT2D eigenvalue weighted by Crippen LogP contribution is -1.96. The number of para-hydroxylation sites is 1. The molecule has 0 spiro atoms. The van der Waals surface area contributed by atoms with Crippen LogP contribution in [0.15, 0.2) is 60.7 Å². The Kier molecular flexibility index (Phi) is 5.01. The van der Waals surface area contributed by atoms with Gasteiger partial charge in [-0.3, -0.25) is 0 Å². The highest BCUT2D eigenvalue weighted by Crippen LogP contribution is 2.28. The van der Waals surface area contributed by atoms with Crippen molar-refractivity contribution in [2.24, 2.45) is 0 Å². The van der Waals surface area contributed by atoms with Gasteiger partial charge in [-0.2, -0.15) is 0 Å². The maximum atomic E-state index is 10.7. The van der Waals surface area contributed by atoms with Crippen LogP contribution in [0.1, 0.15) is 20.7 Å². The van der Waals surface area contributed by atoms with Gasteiger partial charge in [-0.15, -0.1) is 0 Å². The Morgan fingerprint density at radius 1 is 0.667 bits per heavy atom. The lowest BCUT2D eigenvalue weighted by atomic mass is 10.1. The monoisotopic (exact) mass is 326 g/mol. The van der Waals surface area contributed by atoms with E-state index in [9.17, 15) is 14.7 Å². The normalized spacial score (nSPS) is 9.83. The van der Waals surface area contributed by atoms with Crippen molar-refractivity contribution in [2.45, 2.75) is 0 Å². The summed E-state index contributed by atoms with van der Waals surface area (Å²) in [7, 11) is 0. The van der Waals surface area contributed by atoms with Crippen LogP contribution in [0.4, 0.5) is 0 Å². The third-order valence-electron chi connectivity index (χ3n) is 3.27. The van der Waals surface area contributed by atoms with E-state index in [1.807, 2.05) is 12.1 Å². The van der Waals surface area contributed by atoms with Gasteiger partial charge in [0, 0.05) is 5.39 Å². The Bertz CT molecular complexity index is 901. The van der Waals surface area contributed by atoms with Crippen LogP contribution >= 0.6 is 0 Å². The summed E-state index contributed by atoms with van der Waals surface area (Å²) >= 11 is 0. The van der Waals surface area contributed by atoms with Gasteiger partial charge < -0.3 is 20.4 Å². The van der Waals surface area contributed by atoms with Gasteiger partial charge >= 0.3 is 11.9 Å². The summed E-state index contributed by atoms with van der Waals surface area (Å²) < 4.78 is 0. The summed E-state index contributed by atoms with van der Waals surface area (Å²) in [5, 5.41) is 37.1. The number of carboxylic acid groups (broad SMARTS) is 2. The van der Waals surface area contributed by atoms with Gasteiger partial charge in [0.25, 0.3) is 0 Å². The molecule has 3 aromatic carbocycles. The fourth-order valence-corrected chi connectivity index (χ4v) is 2.08. The van der Waals surface area contributed by atoms with Crippen LogP contribution in [-0.4, -0.2) is 32.4 Å². The standard InChI is InChI=1S/C11H8O3.C7H6O3/c12-10-8-4-2-1-3-7(8)5-6-9(10)11(13)14;8-6-4-2-1-3-5(6)7(9)10/h1-6,12H,(H,13,14);1-4,8H,(H,9,10). The number of hydrogen-bond acceptors (Lipinski definition) is 4. The van der Waals surface area contributed by atoms with Crippen LogP contribution in [0.2, 0.25) is 0 Å². The minimum absolute atomic E-state index is 0.0660. The van der Waals surface area contributed by atoms with Crippen LogP contribution in [-0.2, 0) is 0 Å². The van der Waals surface area contributed by atoms with Crippen molar-refractivity contribution in [2.75, 3.05) is 0 Å².